The fourth-order valence-corrected chi connectivity index (χ4v) is 8.28. The van der Waals surface area contributed by atoms with E-state index >= 15 is 0 Å². The molecule has 8 nitrogen and oxygen atoms in total. The minimum absolute atomic E-state index is 0.00244. The van der Waals surface area contributed by atoms with Crippen molar-refractivity contribution in [2.75, 3.05) is 18.5 Å². The monoisotopic (exact) mass is 560 g/mol. The van der Waals surface area contributed by atoms with Gasteiger partial charge in [0.2, 0.25) is 0 Å². The van der Waals surface area contributed by atoms with Gasteiger partial charge in [-0.2, -0.15) is 0 Å². The zero-order valence-electron chi connectivity index (χ0n) is 19.3. The molecule has 0 aromatic heterocycles. The van der Waals surface area contributed by atoms with Gasteiger partial charge in [-0.1, -0.05) is 16.8 Å². The van der Waals surface area contributed by atoms with Crippen molar-refractivity contribution >= 4 is 39.2 Å². The molecule has 2 aliphatic rings. The second-order valence-electron chi connectivity index (χ2n) is 9.41. The summed E-state index contributed by atoms with van der Waals surface area (Å²) in [6.45, 7) is -0.0443. The molecule has 4 rings (SSSR count). The highest BCUT2D eigenvalue weighted by molar-refractivity contribution is 7.92. The van der Waals surface area contributed by atoms with E-state index in [1.54, 1.807) is 0 Å². The molecule has 3 N–H and O–H groups in total. The molecule has 0 aliphatic heterocycles. The van der Waals surface area contributed by atoms with Crippen molar-refractivity contribution < 1.29 is 41.4 Å². The number of sulfone groups is 1. The highest BCUT2D eigenvalue weighted by Gasteiger charge is 2.54. The first-order valence-electron chi connectivity index (χ1n) is 11.4. The van der Waals surface area contributed by atoms with Crippen molar-refractivity contribution in [1.29, 1.82) is 0 Å². The van der Waals surface area contributed by atoms with E-state index in [1.807, 2.05) is 0 Å². The minimum Gasteiger partial charge on any atom is -0.411 e. The highest BCUT2D eigenvalue weighted by atomic mass is 35.5. The fraction of sp³-hybridized carbons (Fsp3) is 0.417. The molecule has 2 saturated carbocycles. The van der Waals surface area contributed by atoms with E-state index in [9.17, 15) is 31.5 Å². The maximum atomic E-state index is 13.7. The Bertz CT molecular complexity index is 1300. The summed E-state index contributed by atoms with van der Waals surface area (Å²) in [5, 5.41) is 23.6. The maximum Gasteiger partial charge on any atom is 0.255 e. The van der Waals surface area contributed by atoms with Crippen LogP contribution in [-0.2, 0) is 14.6 Å². The lowest BCUT2D eigenvalue weighted by Crippen LogP contribution is -2.48. The molecule has 2 fully saturated rings. The number of ether oxygens (including phenoxy) is 1. The number of rotatable bonds is 8. The number of hydrogen-bond acceptors (Lipinski definition) is 7. The lowest BCUT2D eigenvalue weighted by molar-refractivity contribution is -0.0759. The number of amides is 1. The van der Waals surface area contributed by atoms with E-state index in [4.69, 9.17) is 21.5 Å². The number of carbonyl (C=O) groups is 1. The molecular weight excluding hydrogens is 537 g/mol. The molecule has 37 heavy (non-hydrogen) atoms. The number of anilines is 1. The van der Waals surface area contributed by atoms with Gasteiger partial charge in [-0.05, 0) is 55.7 Å². The molecule has 2 aromatic rings. The van der Waals surface area contributed by atoms with Crippen LogP contribution in [0.2, 0.25) is 5.02 Å². The summed E-state index contributed by atoms with van der Waals surface area (Å²) in [5.74, 6) is -6.28. The van der Waals surface area contributed by atoms with Crippen LogP contribution >= 0.6 is 11.6 Å². The van der Waals surface area contributed by atoms with Gasteiger partial charge in [0.05, 0.1) is 40.2 Å². The van der Waals surface area contributed by atoms with Crippen LogP contribution in [0.3, 0.4) is 0 Å². The van der Waals surface area contributed by atoms with E-state index in [0.717, 1.165) is 12.3 Å². The first-order chi connectivity index (χ1) is 17.4. The number of nitrogens with one attached hydrogen (secondary N) is 1. The normalized spacial score (nSPS) is 25.5. The van der Waals surface area contributed by atoms with Crippen molar-refractivity contribution in [3.8, 4) is 0 Å². The first-order valence-corrected chi connectivity index (χ1v) is 13.3. The Balaban J connectivity index is 1.55. The largest absolute Gasteiger partial charge is 0.411 e. The highest BCUT2D eigenvalue weighted by Crippen LogP contribution is 2.51. The lowest BCUT2D eigenvalue weighted by Gasteiger charge is -2.40. The summed E-state index contributed by atoms with van der Waals surface area (Å²) in [6, 6.07) is 4.80. The van der Waals surface area contributed by atoms with Crippen LogP contribution in [0.25, 0.3) is 0 Å². The number of fused-ring (bicyclic) bond motifs is 2. The molecule has 1 amide bonds. The summed E-state index contributed by atoms with van der Waals surface area (Å²) in [6.07, 6.45) is 2.65. The van der Waals surface area contributed by atoms with E-state index in [0.29, 0.717) is 25.0 Å². The minimum atomic E-state index is -4.04. The number of oxime groups is 1. The molecule has 2 bridgehead atoms. The summed E-state index contributed by atoms with van der Waals surface area (Å²) < 4.78 is 73.0. The molecular formula is C24H24ClF3N2O6S. The van der Waals surface area contributed by atoms with Gasteiger partial charge in [0, 0.05) is 23.4 Å². The Morgan fingerprint density at radius 3 is 2.38 bits per heavy atom. The zero-order valence-corrected chi connectivity index (χ0v) is 20.9. The molecule has 2 aromatic carbocycles. The van der Waals surface area contributed by atoms with Crippen LogP contribution in [0.1, 0.15) is 36.0 Å². The van der Waals surface area contributed by atoms with Gasteiger partial charge in [-0.15, -0.1) is 0 Å². The van der Waals surface area contributed by atoms with Crippen molar-refractivity contribution in [1.82, 2.24) is 0 Å². The molecule has 1 unspecified atom stereocenters. The quantitative estimate of drug-likeness (QED) is 0.146. The topological polar surface area (TPSA) is 125 Å². The second-order valence-corrected chi connectivity index (χ2v) is 11.9. The number of nitrogens with zero attached hydrogens (tertiary/aromatic N) is 1. The van der Waals surface area contributed by atoms with Gasteiger partial charge in [0.1, 0.15) is 0 Å². The Labute approximate surface area is 216 Å². The van der Waals surface area contributed by atoms with Gasteiger partial charge in [-0.25, -0.2) is 21.6 Å². The summed E-state index contributed by atoms with van der Waals surface area (Å²) >= 11 is 6.24. The van der Waals surface area contributed by atoms with Gasteiger partial charge in [-0.3, -0.25) is 4.79 Å². The van der Waals surface area contributed by atoms with Gasteiger partial charge in [0.15, 0.2) is 27.3 Å². The van der Waals surface area contributed by atoms with Crippen molar-refractivity contribution in [2.24, 2.45) is 17.0 Å². The number of halogens is 4. The third-order valence-electron chi connectivity index (χ3n) is 6.87. The smallest absolute Gasteiger partial charge is 0.255 e. The number of benzene rings is 2. The Morgan fingerprint density at radius 2 is 1.78 bits per heavy atom. The van der Waals surface area contributed by atoms with E-state index in [-0.39, 0.29) is 59.1 Å². The van der Waals surface area contributed by atoms with Crippen LogP contribution in [0.5, 0.6) is 0 Å². The predicted molar refractivity (Wildman–Crippen MR) is 128 cm³/mol. The van der Waals surface area contributed by atoms with Gasteiger partial charge < -0.3 is 20.4 Å². The average molecular weight is 561 g/mol. The molecule has 200 valence electrons. The summed E-state index contributed by atoms with van der Waals surface area (Å²) in [4.78, 5) is 12.4. The van der Waals surface area contributed by atoms with Crippen molar-refractivity contribution in [3.05, 3.63) is 58.4 Å². The maximum absolute atomic E-state index is 13.7. The molecule has 13 heteroatoms. The summed E-state index contributed by atoms with van der Waals surface area (Å²) in [5.41, 5.74) is -1.71. The SMILES string of the molecule is O=C(Nc1cc(F)c(F)c(F)c1)c1ccc(Cl)c(S(=O)(=O)[C@H]2C3CC[C@H]2C[C@](O)(COC/C=N/O)C3)c1. The van der Waals surface area contributed by atoms with Gasteiger partial charge >= 0.3 is 0 Å². The van der Waals surface area contributed by atoms with Crippen LogP contribution < -0.4 is 5.32 Å². The van der Waals surface area contributed by atoms with E-state index < -0.39 is 44.0 Å². The number of carbonyl (C=O) groups excluding carboxylic acids is 1. The Morgan fingerprint density at radius 1 is 1.16 bits per heavy atom. The molecule has 0 saturated heterocycles. The molecule has 0 heterocycles. The van der Waals surface area contributed by atoms with Crippen LogP contribution in [0.15, 0.2) is 40.4 Å². The third-order valence-corrected chi connectivity index (χ3v) is 9.75. The van der Waals surface area contributed by atoms with Gasteiger partial charge in [0.25, 0.3) is 5.91 Å². The van der Waals surface area contributed by atoms with E-state index in [2.05, 4.69) is 10.5 Å². The first kappa shape index (κ1) is 27.4. The standard InChI is InChI=1S/C24H24ClF3N2O6S/c25-17-4-3-13(23(31)30-16-8-18(26)21(28)19(27)9-16)7-20(17)37(34,35)22-14-1-2-15(22)11-24(32,10-14)12-36-6-5-29-33/h3-5,7-9,14-15,22,32-33H,1-2,6,10-12H2,(H,30,31)/b29-5+/t14-,15?,22+,24+/m0/s1. The Hall–Kier alpha value is -2.67. The van der Waals surface area contributed by atoms with Crippen molar-refractivity contribution in [3.63, 3.8) is 0 Å². The number of hydrogen-bond donors (Lipinski definition) is 3. The van der Waals surface area contributed by atoms with Crippen molar-refractivity contribution in [2.45, 2.75) is 41.4 Å². The predicted octanol–water partition coefficient (Wildman–Crippen LogP) is 4.18. The average Bonchev–Trinajstić information content (AvgIpc) is 3.13. The number of aliphatic hydroxyl groups is 1. The van der Waals surface area contributed by atoms with E-state index in [1.165, 1.54) is 12.1 Å². The molecule has 2 aliphatic carbocycles. The third kappa shape index (κ3) is 5.62. The zero-order chi connectivity index (χ0) is 27.0. The molecule has 0 radical (unpaired) electrons. The summed E-state index contributed by atoms with van der Waals surface area (Å²) in [7, 11) is -4.04. The Kier molecular flexibility index (Phi) is 7.84. The molecule has 4 atom stereocenters. The van der Waals surface area contributed by atoms with Crippen LogP contribution in [0.4, 0.5) is 18.9 Å². The molecule has 0 spiro atoms. The van der Waals surface area contributed by atoms with Crippen LogP contribution in [0, 0.1) is 29.3 Å². The fourth-order valence-electron chi connectivity index (χ4n) is 5.44. The second kappa shape index (κ2) is 10.6. The van der Waals surface area contributed by atoms with Crippen LogP contribution in [-0.4, -0.2) is 54.9 Å². The lowest BCUT2D eigenvalue weighted by atomic mass is 9.77.